The lowest BCUT2D eigenvalue weighted by Gasteiger charge is -2.23. The number of carbonyl (C=O) groups is 2. The maximum atomic E-state index is 12.6. The lowest BCUT2D eigenvalue weighted by molar-refractivity contribution is -0.119. The van der Waals surface area contributed by atoms with Gasteiger partial charge in [0, 0.05) is 23.2 Å². The Morgan fingerprint density at radius 2 is 2.12 bits per heavy atom. The molecule has 0 radical (unpaired) electrons. The summed E-state index contributed by atoms with van der Waals surface area (Å²) in [5.41, 5.74) is 0.597. The van der Waals surface area contributed by atoms with Gasteiger partial charge in [-0.25, -0.2) is 4.79 Å². The fraction of sp³-hybridized carbons (Fsp3) is 0.412. The topological polar surface area (TPSA) is 87.2 Å². The molecule has 1 aromatic heterocycles. The van der Waals surface area contributed by atoms with Crippen molar-refractivity contribution in [3.8, 4) is 0 Å². The molecule has 0 unspecified atom stereocenters. The van der Waals surface area contributed by atoms with Crippen molar-refractivity contribution >= 4 is 45.7 Å². The quantitative estimate of drug-likeness (QED) is 0.823. The fourth-order valence-corrected chi connectivity index (χ4v) is 3.69. The van der Waals surface area contributed by atoms with Gasteiger partial charge in [0.2, 0.25) is 11.0 Å². The Labute approximate surface area is 160 Å². The van der Waals surface area contributed by atoms with Crippen molar-refractivity contribution < 1.29 is 9.59 Å². The Bertz CT molecular complexity index is 810. The molecule has 138 valence electrons. The van der Waals surface area contributed by atoms with Crippen LogP contribution < -0.4 is 10.6 Å². The van der Waals surface area contributed by atoms with Crippen molar-refractivity contribution in [1.82, 2.24) is 15.1 Å². The Kier molecular flexibility index (Phi) is 5.73. The van der Waals surface area contributed by atoms with E-state index in [0.717, 1.165) is 11.4 Å². The number of nitrogens with one attached hydrogen (secondary N) is 2. The average Bonchev–Trinajstić information content (AvgIpc) is 3.24. The second-order valence-corrected chi connectivity index (χ2v) is 7.83. The second-order valence-electron chi connectivity index (χ2n) is 6.38. The zero-order chi connectivity index (χ0) is 18.7. The van der Waals surface area contributed by atoms with E-state index in [2.05, 4.69) is 20.8 Å². The van der Waals surface area contributed by atoms with Crippen LogP contribution in [0.5, 0.6) is 0 Å². The molecule has 9 heteroatoms. The third-order valence-corrected chi connectivity index (χ3v) is 5.43. The van der Waals surface area contributed by atoms with Crippen molar-refractivity contribution in [3.63, 3.8) is 0 Å². The molecule has 3 amide bonds. The van der Waals surface area contributed by atoms with E-state index in [9.17, 15) is 9.59 Å². The highest BCUT2D eigenvalue weighted by atomic mass is 35.5. The maximum Gasteiger partial charge on any atom is 0.322 e. The molecule has 0 bridgehead atoms. The highest BCUT2D eigenvalue weighted by molar-refractivity contribution is 7.15. The van der Waals surface area contributed by atoms with Gasteiger partial charge >= 0.3 is 6.03 Å². The first-order valence-electron chi connectivity index (χ1n) is 8.41. The normalized spacial score (nSPS) is 16.8. The van der Waals surface area contributed by atoms with Crippen LogP contribution in [0.25, 0.3) is 0 Å². The van der Waals surface area contributed by atoms with Gasteiger partial charge < -0.3 is 10.2 Å². The first-order chi connectivity index (χ1) is 12.4. The maximum absolute atomic E-state index is 12.6. The lowest BCUT2D eigenvalue weighted by atomic mass is 10.2. The smallest absolute Gasteiger partial charge is 0.312 e. The summed E-state index contributed by atoms with van der Waals surface area (Å²) < 4.78 is 0. The van der Waals surface area contributed by atoms with E-state index in [1.54, 1.807) is 29.2 Å². The molecule has 1 saturated heterocycles. The van der Waals surface area contributed by atoms with E-state index in [1.165, 1.54) is 11.3 Å². The molecule has 2 heterocycles. The molecular weight excluding hydrogens is 374 g/mol. The molecule has 1 aliphatic heterocycles. The number of benzene rings is 1. The van der Waals surface area contributed by atoms with Gasteiger partial charge in [0.25, 0.3) is 0 Å². The molecule has 1 aliphatic rings. The number of urea groups is 1. The van der Waals surface area contributed by atoms with Gasteiger partial charge in [0.15, 0.2) is 0 Å². The first kappa shape index (κ1) is 18.6. The van der Waals surface area contributed by atoms with Gasteiger partial charge in [-0.2, -0.15) is 0 Å². The minimum Gasteiger partial charge on any atom is -0.312 e. The van der Waals surface area contributed by atoms with Crippen LogP contribution in [0.4, 0.5) is 15.6 Å². The molecular formula is C17H20ClN5O2S. The standard InChI is InChI=1S/C17H20ClN5O2S/c1-10(2)15-21-22-16(26-15)20-14(24)13-7-4-8-23(13)17(25)19-12-6-3-5-11(18)9-12/h3,5-6,9-10,13H,4,7-8H2,1-2H3,(H,19,25)(H,20,22,24)/t13-/m0/s1. The summed E-state index contributed by atoms with van der Waals surface area (Å²) in [5, 5.41) is 15.5. The molecule has 7 nitrogen and oxygen atoms in total. The number of rotatable bonds is 4. The molecule has 2 N–H and O–H groups in total. The first-order valence-corrected chi connectivity index (χ1v) is 9.61. The monoisotopic (exact) mass is 393 g/mol. The minimum atomic E-state index is -0.527. The lowest BCUT2D eigenvalue weighted by Crippen LogP contribution is -2.45. The zero-order valence-corrected chi connectivity index (χ0v) is 16.1. The Morgan fingerprint density at radius 1 is 1.31 bits per heavy atom. The molecule has 0 aliphatic carbocycles. The molecule has 1 aromatic carbocycles. The number of hydrogen-bond donors (Lipinski definition) is 2. The van der Waals surface area contributed by atoms with Crippen LogP contribution in [0.3, 0.4) is 0 Å². The van der Waals surface area contributed by atoms with Crippen molar-refractivity contribution in [1.29, 1.82) is 0 Å². The molecule has 0 spiro atoms. The summed E-state index contributed by atoms with van der Waals surface area (Å²) in [6.45, 7) is 4.56. The second kappa shape index (κ2) is 8.01. The van der Waals surface area contributed by atoms with Crippen molar-refractivity contribution in [2.75, 3.05) is 17.2 Å². The predicted octanol–water partition coefficient (Wildman–Crippen LogP) is 3.95. The SMILES string of the molecule is CC(C)c1nnc(NC(=O)[C@@H]2CCCN2C(=O)Nc2cccc(Cl)c2)s1. The molecule has 3 rings (SSSR count). The number of amides is 3. The van der Waals surface area contributed by atoms with Gasteiger partial charge in [-0.3, -0.25) is 10.1 Å². The van der Waals surface area contributed by atoms with Crippen LogP contribution in [0.1, 0.15) is 37.6 Å². The Balaban J connectivity index is 1.64. The molecule has 1 fully saturated rings. The van der Waals surface area contributed by atoms with Gasteiger partial charge in [-0.1, -0.05) is 42.9 Å². The van der Waals surface area contributed by atoms with Gasteiger partial charge in [0.1, 0.15) is 11.0 Å². The van der Waals surface area contributed by atoms with Crippen molar-refractivity contribution in [3.05, 3.63) is 34.3 Å². The third kappa shape index (κ3) is 4.31. The molecule has 0 saturated carbocycles. The van der Waals surface area contributed by atoms with Gasteiger partial charge in [-0.15, -0.1) is 10.2 Å². The van der Waals surface area contributed by atoms with Crippen LogP contribution in [0.2, 0.25) is 5.02 Å². The summed E-state index contributed by atoms with van der Waals surface area (Å²) in [7, 11) is 0. The van der Waals surface area contributed by atoms with Crippen molar-refractivity contribution in [2.45, 2.75) is 38.6 Å². The van der Waals surface area contributed by atoms with Gasteiger partial charge in [-0.05, 0) is 31.0 Å². The number of likely N-dealkylation sites (tertiary alicyclic amines) is 1. The van der Waals surface area contributed by atoms with Gasteiger partial charge in [0.05, 0.1) is 0 Å². The summed E-state index contributed by atoms with van der Waals surface area (Å²) in [4.78, 5) is 26.7. The zero-order valence-electron chi connectivity index (χ0n) is 14.5. The molecule has 2 aromatic rings. The average molecular weight is 394 g/mol. The third-order valence-electron chi connectivity index (χ3n) is 4.06. The summed E-state index contributed by atoms with van der Waals surface area (Å²) in [6, 6.07) is 6.07. The highest BCUT2D eigenvalue weighted by Crippen LogP contribution is 2.25. The van der Waals surface area contributed by atoms with Crippen LogP contribution >= 0.6 is 22.9 Å². The Hall–Kier alpha value is -2.19. The van der Waals surface area contributed by atoms with Crippen molar-refractivity contribution in [2.24, 2.45) is 0 Å². The predicted molar refractivity (Wildman–Crippen MR) is 103 cm³/mol. The van der Waals surface area contributed by atoms with E-state index in [0.29, 0.717) is 28.8 Å². The number of anilines is 2. The van der Waals surface area contributed by atoms with Crippen LogP contribution in [0.15, 0.2) is 24.3 Å². The van der Waals surface area contributed by atoms with Crippen LogP contribution in [-0.2, 0) is 4.79 Å². The van der Waals surface area contributed by atoms with E-state index < -0.39 is 6.04 Å². The van der Waals surface area contributed by atoms with Crippen LogP contribution in [0, 0.1) is 0 Å². The largest absolute Gasteiger partial charge is 0.322 e. The number of halogens is 1. The fourth-order valence-electron chi connectivity index (χ4n) is 2.75. The minimum absolute atomic E-state index is 0.241. The van der Waals surface area contributed by atoms with E-state index in [-0.39, 0.29) is 17.9 Å². The molecule has 1 atom stereocenters. The summed E-state index contributed by atoms with van der Waals surface area (Å²) >= 11 is 7.29. The summed E-state index contributed by atoms with van der Waals surface area (Å²) in [6.07, 6.45) is 1.39. The highest BCUT2D eigenvalue weighted by Gasteiger charge is 2.34. The van der Waals surface area contributed by atoms with E-state index >= 15 is 0 Å². The summed E-state index contributed by atoms with van der Waals surface area (Å²) in [5.74, 6) is 0.0137. The van der Waals surface area contributed by atoms with E-state index in [1.807, 2.05) is 13.8 Å². The number of hydrogen-bond acceptors (Lipinski definition) is 5. The molecule has 26 heavy (non-hydrogen) atoms. The van der Waals surface area contributed by atoms with Crippen LogP contribution in [-0.4, -0.2) is 39.6 Å². The number of nitrogens with zero attached hydrogens (tertiary/aromatic N) is 3. The Morgan fingerprint density at radius 3 is 2.81 bits per heavy atom. The van der Waals surface area contributed by atoms with E-state index in [4.69, 9.17) is 11.6 Å². The number of carbonyl (C=O) groups excluding carboxylic acids is 2. The number of aromatic nitrogens is 2.